The van der Waals surface area contributed by atoms with E-state index in [9.17, 15) is 8.78 Å². The number of alkyl halides is 3. The first-order valence-corrected chi connectivity index (χ1v) is 5.82. The van der Waals surface area contributed by atoms with Gasteiger partial charge in [0.15, 0.2) is 0 Å². The standard InChI is InChI=1S/C11H9BrF2N2/c12-6-8-7-15-16(10(8)11(13)14)9-4-2-1-3-5-9/h1-5,7,11H,6H2. The maximum atomic E-state index is 12.9. The maximum Gasteiger partial charge on any atom is 0.280 e. The van der Waals surface area contributed by atoms with Gasteiger partial charge >= 0.3 is 0 Å². The van der Waals surface area contributed by atoms with Gasteiger partial charge in [0.1, 0.15) is 5.69 Å². The van der Waals surface area contributed by atoms with Crippen molar-refractivity contribution >= 4 is 15.9 Å². The first kappa shape index (κ1) is 11.3. The summed E-state index contributed by atoms with van der Waals surface area (Å²) in [5.74, 6) is 0. The molecule has 2 aromatic rings. The molecule has 2 rings (SSSR count). The van der Waals surface area contributed by atoms with Crippen LogP contribution in [0.15, 0.2) is 36.5 Å². The molecule has 2 nitrogen and oxygen atoms in total. The van der Waals surface area contributed by atoms with Crippen molar-refractivity contribution in [3.8, 4) is 5.69 Å². The van der Waals surface area contributed by atoms with Crippen molar-refractivity contribution in [3.63, 3.8) is 0 Å². The molecule has 0 amide bonds. The molecule has 0 aliphatic carbocycles. The highest BCUT2D eigenvalue weighted by atomic mass is 79.9. The molecular formula is C11H9BrF2N2. The molecule has 0 atom stereocenters. The Morgan fingerprint density at radius 1 is 1.25 bits per heavy atom. The van der Waals surface area contributed by atoms with Crippen LogP contribution in [0, 0.1) is 0 Å². The van der Waals surface area contributed by atoms with E-state index < -0.39 is 6.43 Å². The first-order valence-electron chi connectivity index (χ1n) is 4.70. The summed E-state index contributed by atoms with van der Waals surface area (Å²) in [6.07, 6.45) is -1.07. The number of hydrogen-bond acceptors (Lipinski definition) is 1. The number of halogens is 3. The van der Waals surface area contributed by atoms with E-state index in [-0.39, 0.29) is 5.69 Å². The van der Waals surface area contributed by atoms with Crippen molar-refractivity contribution in [2.45, 2.75) is 11.8 Å². The van der Waals surface area contributed by atoms with Crippen LogP contribution in [0.4, 0.5) is 8.78 Å². The molecule has 0 saturated heterocycles. The third-order valence-corrected chi connectivity index (χ3v) is 2.84. The van der Waals surface area contributed by atoms with Gasteiger partial charge in [0.2, 0.25) is 0 Å². The summed E-state index contributed by atoms with van der Waals surface area (Å²) in [7, 11) is 0. The highest BCUT2D eigenvalue weighted by Gasteiger charge is 2.19. The minimum atomic E-state index is -2.53. The summed E-state index contributed by atoms with van der Waals surface area (Å²) < 4.78 is 27.1. The largest absolute Gasteiger partial charge is 0.280 e. The van der Waals surface area contributed by atoms with E-state index in [1.807, 2.05) is 6.07 Å². The SMILES string of the molecule is FC(F)c1c(CBr)cnn1-c1ccccc1. The first-order chi connectivity index (χ1) is 7.74. The molecule has 0 aliphatic rings. The minimum Gasteiger partial charge on any atom is -0.232 e. The van der Waals surface area contributed by atoms with Crippen LogP contribution in [0.1, 0.15) is 17.7 Å². The van der Waals surface area contributed by atoms with Crippen LogP contribution in [0.25, 0.3) is 5.69 Å². The summed E-state index contributed by atoms with van der Waals surface area (Å²) in [5, 5.41) is 4.36. The molecule has 0 unspecified atom stereocenters. The zero-order chi connectivity index (χ0) is 11.5. The Kier molecular flexibility index (Phi) is 3.33. The molecule has 5 heteroatoms. The van der Waals surface area contributed by atoms with Gasteiger partial charge in [-0.05, 0) is 12.1 Å². The van der Waals surface area contributed by atoms with Crippen LogP contribution in [-0.2, 0) is 5.33 Å². The molecule has 0 aliphatic heterocycles. The number of aromatic nitrogens is 2. The Morgan fingerprint density at radius 2 is 1.94 bits per heavy atom. The lowest BCUT2D eigenvalue weighted by atomic mass is 10.2. The molecular weight excluding hydrogens is 278 g/mol. The normalized spacial score (nSPS) is 11.0. The number of hydrogen-bond donors (Lipinski definition) is 0. The second-order valence-electron chi connectivity index (χ2n) is 3.24. The van der Waals surface area contributed by atoms with E-state index in [0.29, 0.717) is 16.6 Å². The van der Waals surface area contributed by atoms with Gasteiger partial charge in [0.05, 0.1) is 11.9 Å². The third-order valence-electron chi connectivity index (χ3n) is 2.24. The predicted octanol–water partition coefficient (Wildman–Crippen LogP) is 3.70. The summed E-state index contributed by atoms with van der Waals surface area (Å²) >= 11 is 3.18. The number of rotatable bonds is 3. The fourth-order valence-electron chi connectivity index (χ4n) is 1.50. The average Bonchev–Trinajstić information content (AvgIpc) is 2.73. The zero-order valence-corrected chi connectivity index (χ0v) is 9.86. The van der Waals surface area contributed by atoms with Crippen LogP contribution >= 0.6 is 15.9 Å². The summed E-state index contributed by atoms with van der Waals surface area (Å²) in [6.45, 7) is 0. The van der Waals surface area contributed by atoms with Crippen molar-refractivity contribution in [1.82, 2.24) is 9.78 Å². The molecule has 1 aromatic carbocycles. The van der Waals surface area contributed by atoms with Gasteiger partial charge in [-0.15, -0.1) is 0 Å². The van der Waals surface area contributed by atoms with Crippen LogP contribution in [0.5, 0.6) is 0 Å². The van der Waals surface area contributed by atoms with Gasteiger partial charge in [0.25, 0.3) is 6.43 Å². The summed E-state index contributed by atoms with van der Waals surface area (Å²) in [5.41, 5.74) is 1.10. The molecule has 84 valence electrons. The molecule has 0 saturated carbocycles. The Labute approximate surface area is 100 Å². The Hall–Kier alpha value is -1.23. The number of benzene rings is 1. The highest BCUT2D eigenvalue weighted by Crippen LogP contribution is 2.26. The quantitative estimate of drug-likeness (QED) is 0.787. The van der Waals surface area contributed by atoms with Crippen LogP contribution in [0.3, 0.4) is 0 Å². The van der Waals surface area contributed by atoms with Crippen molar-refractivity contribution in [3.05, 3.63) is 47.8 Å². The average molecular weight is 287 g/mol. The number of para-hydroxylation sites is 1. The maximum absolute atomic E-state index is 12.9. The highest BCUT2D eigenvalue weighted by molar-refractivity contribution is 9.08. The molecule has 0 fully saturated rings. The van der Waals surface area contributed by atoms with E-state index in [0.717, 1.165) is 0 Å². The summed E-state index contributed by atoms with van der Waals surface area (Å²) in [6, 6.07) is 8.91. The van der Waals surface area contributed by atoms with Gasteiger partial charge in [-0.1, -0.05) is 34.1 Å². The van der Waals surface area contributed by atoms with Crippen molar-refractivity contribution in [1.29, 1.82) is 0 Å². The lowest BCUT2D eigenvalue weighted by Gasteiger charge is -2.07. The minimum absolute atomic E-state index is 0.0527. The molecule has 1 aromatic heterocycles. The topological polar surface area (TPSA) is 17.8 Å². The second kappa shape index (κ2) is 4.74. The lowest BCUT2D eigenvalue weighted by molar-refractivity contribution is 0.142. The van der Waals surface area contributed by atoms with Crippen molar-refractivity contribution < 1.29 is 8.78 Å². The predicted molar refractivity (Wildman–Crippen MR) is 61.2 cm³/mol. The van der Waals surface area contributed by atoms with Crippen LogP contribution in [-0.4, -0.2) is 9.78 Å². The van der Waals surface area contributed by atoms with E-state index in [4.69, 9.17) is 0 Å². The van der Waals surface area contributed by atoms with Gasteiger partial charge in [-0.25, -0.2) is 13.5 Å². The van der Waals surface area contributed by atoms with Gasteiger partial charge in [-0.3, -0.25) is 0 Å². The van der Waals surface area contributed by atoms with Crippen molar-refractivity contribution in [2.24, 2.45) is 0 Å². The van der Waals surface area contributed by atoms with Gasteiger partial charge < -0.3 is 0 Å². The Morgan fingerprint density at radius 3 is 2.50 bits per heavy atom. The fraction of sp³-hybridized carbons (Fsp3) is 0.182. The van der Waals surface area contributed by atoms with Gasteiger partial charge in [-0.2, -0.15) is 5.10 Å². The molecule has 16 heavy (non-hydrogen) atoms. The zero-order valence-electron chi connectivity index (χ0n) is 8.28. The fourth-order valence-corrected chi connectivity index (χ4v) is 1.93. The van der Waals surface area contributed by atoms with E-state index in [1.54, 1.807) is 24.3 Å². The smallest absolute Gasteiger partial charge is 0.232 e. The van der Waals surface area contributed by atoms with Crippen molar-refractivity contribution in [2.75, 3.05) is 0 Å². The van der Waals surface area contributed by atoms with Crippen LogP contribution < -0.4 is 0 Å². The molecule has 0 bridgehead atoms. The third kappa shape index (κ3) is 2.00. The molecule has 0 N–H and O–H groups in total. The monoisotopic (exact) mass is 286 g/mol. The van der Waals surface area contributed by atoms with Gasteiger partial charge in [0, 0.05) is 10.9 Å². The molecule has 0 spiro atoms. The van der Waals surface area contributed by atoms with E-state index in [2.05, 4.69) is 21.0 Å². The van der Waals surface area contributed by atoms with E-state index >= 15 is 0 Å². The molecule has 0 radical (unpaired) electrons. The Bertz CT molecular complexity index is 468. The lowest BCUT2D eigenvalue weighted by Crippen LogP contribution is -2.03. The molecule has 1 heterocycles. The van der Waals surface area contributed by atoms with E-state index in [1.165, 1.54) is 10.9 Å². The second-order valence-corrected chi connectivity index (χ2v) is 3.80. The number of nitrogens with zero attached hydrogens (tertiary/aromatic N) is 2. The Balaban J connectivity index is 2.53. The van der Waals surface area contributed by atoms with Crippen LogP contribution in [0.2, 0.25) is 0 Å². The summed E-state index contributed by atoms with van der Waals surface area (Å²) in [4.78, 5) is 0.